The van der Waals surface area contributed by atoms with E-state index in [2.05, 4.69) is 53.5 Å². The summed E-state index contributed by atoms with van der Waals surface area (Å²) in [5.74, 6) is 0. The summed E-state index contributed by atoms with van der Waals surface area (Å²) in [5, 5.41) is 0. The minimum Gasteiger partial charge on any atom is -0.0779 e. The van der Waals surface area contributed by atoms with Gasteiger partial charge >= 0.3 is 0 Å². The quantitative estimate of drug-likeness (QED) is 0.599. The number of hydrogen-bond donors (Lipinski definition) is 0. The maximum Gasteiger partial charge on any atom is -0.0274 e. The van der Waals surface area contributed by atoms with Crippen LogP contribution in [0, 0.1) is 5.41 Å². The SMILES string of the molecule is CC(C)(C)CC=CI. The van der Waals surface area contributed by atoms with Gasteiger partial charge in [-0.25, -0.2) is 0 Å². The molecule has 0 N–H and O–H groups in total. The lowest BCUT2D eigenvalue weighted by Gasteiger charge is -2.13. The second-order valence-corrected chi connectivity index (χ2v) is 3.85. The molecule has 0 bridgehead atoms. The van der Waals surface area contributed by atoms with Crippen molar-refractivity contribution in [2.75, 3.05) is 0 Å². The Balaban J connectivity index is 3.39. The summed E-state index contributed by atoms with van der Waals surface area (Å²) in [6.07, 6.45) is 3.37. The van der Waals surface area contributed by atoms with Crippen molar-refractivity contribution in [3.05, 3.63) is 10.2 Å². The highest BCUT2D eigenvalue weighted by molar-refractivity contribution is 14.1. The number of rotatable bonds is 1. The molecule has 0 aromatic heterocycles. The molecule has 0 saturated carbocycles. The Morgan fingerprint density at radius 3 is 2.00 bits per heavy atom. The summed E-state index contributed by atoms with van der Waals surface area (Å²) in [6.45, 7) is 6.72. The average Bonchev–Trinajstić information content (AvgIpc) is 1.59. The summed E-state index contributed by atoms with van der Waals surface area (Å²) in [7, 11) is 0. The molecule has 0 fully saturated rings. The Labute approximate surface area is 65.5 Å². The molecule has 0 atom stereocenters. The van der Waals surface area contributed by atoms with Gasteiger partial charge in [-0.3, -0.25) is 0 Å². The van der Waals surface area contributed by atoms with Crippen molar-refractivity contribution in [2.24, 2.45) is 5.41 Å². The summed E-state index contributed by atoms with van der Waals surface area (Å²) in [4.78, 5) is 0. The molecule has 0 nitrogen and oxygen atoms in total. The Morgan fingerprint density at radius 1 is 1.38 bits per heavy atom. The zero-order chi connectivity index (χ0) is 6.62. The summed E-state index contributed by atoms with van der Waals surface area (Å²) in [5.41, 5.74) is 0.460. The standard InChI is InChI=1S/C7H13I/c1-7(2,3)5-4-6-8/h4,6H,5H2,1-3H3. The Morgan fingerprint density at radius 2 is 1.88 bits per heavy atom. The smallest absolute Gasteiger partial charge is 0.0274 e. The second-order valence-electron chi connectivity index (χ2n) is 3.13. The summed E-state index contributed by atoms with van der Waals surface area (Å²) >= 11 is 2.25. The van der Waals surface area contributed by atoms with Crippen molar-refractivity contribution in [1.29, 1.82) is 0 Å². The maximum absolute atomic E-state index is 2.25. The fourth-order valence-electron chi connectivity index (χ4n) is 0.398. The molecule has 0 aromatic carbocycles. The minimum atomic E-state index is 0.460. The first-order valence-corrected chi connectivity index (χ1v) is 4.06. The Hall–Kier alpha value is 0.470. The number of halogens is 1. The zero-order valence-corrected chi connectivity index (χ0v) is 7.90. The van der Waals surface area contributed by atoms with Gasteiger partial charge in [0.25, 0.3) is 0 Å². The third-order valence-corrected chi connectivity index (χ3v) is 1.33. The van der Waals surface area contributed by atoms with E-state index in [9.17, 15) is 0 Å². The highest BCUT2D eigenvalue weighted by atomic mass is 127. The van der Waals surface area contributed by atoms with Crippen molar-refractivity contribution in [2.45, 2.75) is 27.2 Å². The van der Waals surface area contributed by atoms with Gasteiger partial charge in [0.2, 0.25) is 0 Å². The van der Waals surface area contributed by atoms with Crippen LogP contribution in [0.3, 0.4) is 0 Å². The third-order valence-electron chi connectivity index (χ3n) is 0.819. The van der Waals surface area contributed by atoms with E-state index >= 15 is 0 Å². The molecule has 1 heteroatoms. The van der Waals surface area contributed by atoms with E-state index < -0.39 is 0 Å². The van der Waals surface area contributed by atoms with Crippen molar-refractivity contribution in [3.8, 4) is 0 Å². The van der Waals surface area contributed by atoms with Crippen LogP contribution in [0.1, 0.15) is 27.2 Å². The molecule has 0 saturated heterocycles. The molecular weight excluding hydrogens is 211 g/mol. The predicted molar refractivity (Wildman–Crippen MR) is 47.2 cm³/mol. The van der Waals surface area contributed by atoms with E-state index in [1.165, 1.54) is 6.42 Å². The van der Waals surface area contributed by atoms with Crippen molar-refractivity contribution < 1.29 is 0 Å². The van der Waals surface area contributed by atoms with Crippen LogP contribution in [0.4, 0.5) is 0 Å². The molecule has 0 amide bonds. The van der Waals surface area contributed by atoms with Gasteiger partial charge in [-0.15, -0.1) is 0 Å². The van der Waals surface area contributed by atoms with Crippen LogP contribution in [0.25, 0.3) is 0 Å². The van der Waals surface area contributed by atoms with Gasteiger partial charge < -0.3 is 0 Å². The van der Waals surface area contributed by atoms with Crippen LogP contribution in [-0.4, -0.2) is 0 Å². The molecule has 48 valence electrons. The van der Waals surface area contributed by atoms with E-state index in [0.717, 1.165) is 0 Å². The van der Waals surface area contributed by atoms with E-state index in [4.69, 9.17) is 0 Å². The first kappa shape index (κ1) is 8.47. The van der Waals surface area contributed by atoms with Crippen LogP contribution < -0.4 is 0 Å². The van der Waals surface area contributed by atoms with Crippen molar-refractivity contribution >= 4 is 22.6 Å². The highest BCUT2D eigenvalue weighted by Gasteiger charge is 2.05. The molecule has 0 heterocycles. The molecule has 0 spiro atoms. The summed E-state index contributed by atoms with van der Waals surface area (Å²) < 4.78 is 2.07. The molecule has 0 radical (unpaired) electrons. The fourth-order valence-corrected chi connectivity index (χ4v) is 0.652. The number of allylic oxidation sites excluding steroid dienone is 1. The van der Waals surface area contributed by atoms with Crippen LogP contribution >= 0.6 is 22.6 Å². The van der Waals surface area contributed by atoms with Gasteiger partial charge in [-0.1, -0.05) is 49.4 Å². The van der Waals surface area contributed by atoms with Gasteiger partial charge in [-0.2, -0.15) is 0 Å². The first-order chi connectivity index (χ1) is 3.56. The average molecular weight is 224 g/mol. The Bertz CT molecular complexity index is 76.9. The summed E-state index contributed by atoms with van der Waals surface area (Å²) in [6, 6.07) is 0. The molecule has 0 aromatic rings. The van der Waals surface area contributed by atoms with Crippen LogP contribution in [0.15, 0.2) is 10.2 Å². The van der Waals surface area contributed by atoms with Gasteiger partial charge in [0.15, 0.2) is 0 Å². The largest absolute Gasteiger partial charge is 0.0779 e. The molecule has 8 heavy (non-hydrogen) atoms. The highest BCUT2D eigenvalue weighted by Crippen LogP contribution is 2.18. The molecular formula is C7H13I. The second kappa shape index (κ2) is 3.49. The lowest BCUT2D eigenvalue weighted by molar-refractivity contribution is 0.421. The third kappa shape index (κ3) is 6.47. The predicted octanol–water partition coefficient (Wildman–Crippen LogP) is 3.37. The van der Waals surface area contributed by atoms with Crippen LogP contribution in [-0.2, 0) is 0 Å². The van der Waals surface area contributed by atoms with E-state index in [1.54, 1.807) is 0 Å². The lowest BCUT2D eigenvalue weighted by atomic mass is 9.93. The molecule has 0 aliphatic heterocycles. The molecule has 0 aliphatic rings. The molecule has 0 aliphatic carbocycles. The first-order valence-electron chi connectivity index (χ1n) is 2.81. The zero-order valence-electron chi connectivity index (χ0n) is 5.74. The van der Waals surface area contributed by atoms with Gasteiger partial charge in [-0.05, 0) is 15.9 Å². The number of hydrogen-bond acceptors (Lipinski definition) is 0. The van der Waals surface area contributed by atoms with Gasteiger partial charge in [0.1, 0.15) is 0 Å². The minimum absolute atomic E-state index is 0.460. The van der Waals surface area contributed by atoms with E-state index in [-0.39, 0.29) is 0 Å². The maximum atomic E-state index is 2.25. The van der Waals surface area contributed by atoms with Crippen LogP contribution in [0.2, 0.25) is 0 Å². The molecule has 0 rings (SSSR count). The monoisotopic (exact) mass is 224 g/mol. The van der Waals surface area contributed by atoms with E-state index in [1.807, 2.05) is 0 Å². The van der Waals surface area contributed by atoms with Crippen molar-refractivity contribution in [3.63, 3.8) is 0 Å². The topological polar surface area (TPSA) is 0 Å². The van der Waals surface area contributed by atoms with Crippen LogP contribution in [0.5, 0.6) is 0 Å². The lowest BCUT2D eigenvalue weighted by Crippen LogP contribution is -2.01. The fraction of sp³-hybridized carbons (Fsp3) is 0.714. The Kier molecular flexibility index (Phi) is 3.69. The normalized spacial score (nSPS) is 13.0. The van der Waals surface area contributed by atoms with E-state index in [0.29, 0.717) is 5.41 Å². The van der Waals surface area contributed by atoms with Crippen molar-refractivity contribution in [1.82, 2.24) is 0 Å². The van der Waals surface area contributed by atoms with Gasteiger partial charge in [0, 0.05) is 0 Å². The molecule has 0 unspecified atom stereocenters. The van der Waals surface area contributed by atoms with Gasteiger partial charge in [0.05, 0.1) is 0 Å².